The largest absolute Gasteiger partial charge is 0.348 e. The molecule has 0 aromatic heterocycles. The fourth-order valence-corrected chi connectivity index (χ4v) is 2.62. The molecule has 6 nitrogen and oxygen atoms in total. The minimum atomic E-state index is -0.501. The Kier molecular flexibility index (Phi) is 4.88. The molecule has 2 atom stereocenters. The molecule has 0 saturated heterocycles. The summed E-state index contributed by atoms with van der Waals surface area (Å²) in [4.78, 5) is 22.3. The van der Waals surface area contributed by atoms with Crippen molar-refractivity contribution in [2.24, 2.45) is 5.92 Å². The zero-order chi connectivity index (χ0) is 15.2. The molecule has 1 aromatic rings. The number of carbonyl (C=O) groups excluding carboxylic acids is 1. The lowest BCUT2D eigenvalue weighted by molar-refractivity contribution is -0.384. The monoisotopic (exact) mass is 287 g/mol. The second kappa shape index (κ2) is 6.84. The second-order valence-corrected chi connectivity index (χ2v) is 5.26. The standard InChI is InChI=1S/C15H17N3O3/c16-10-12-4-2-1-3-5-14(12)17-15(19)11-6-8-13(9-7-11)18(20)21/h6-9,12,14H,1-5H2,(H,17,19)/t12-,14+/m1/s1. The lowest BCUT2D eigenvalue weighted by atomic mass is 9.96. The summed E-state index contributed by atoms with van der Waals surface area (Å²) in [6.07, 6.45) is 4.71. The zero-order valence-electron chi connectivity index (χ0n) is 11.6. The summed E-state index contributed by atoms with van der Waals surface area (Å²) in [5.74, 6) is -0.438. The average molecular weight is 287 g/mol. The molecule has 0 aliphatic heterocycles. The number of nitriles is 1. The molecule has 1 aliphatic rings. The molecule has 1 aliphatic carbocycles. The highest BCUT2D eigenvalue weighted by Crippen LogP contribution is 2.23. The van der Waals surface area contributed by atoms with E-state index < -0.39 is 4.92 Å². The summed E-state index contributed by atoms with van der Waals surface area (Å²) < 4.78 is 0. The van der Waals surface area contributed by atoms with Crippen molar-refractivity contribution in [3.05, 3.63) is 39.9 Å². The highest BCUT2D eigenvalue weighted by Gasteiger charge is 2.25. The van der Waals surface area contributed by atoms with Crippen molar-refractivity contribution in [2.75, 3.05) is 0 Å². The van der Waals surface area contributed by atoms with E-state index in [9.17, 15) is 20.2 Å². The predicted octanol–water partition coefficient (Wildman–Crippen LogP) is 2.80. The number of nitro groups is 1. The van der Waals surface area contributed by atoms with E-state index in [4.69, 9.17) is 0 Å². The van der Waals surface area contributed by atoms with Crippen LogP contribution in [0.5, 0.6) is 0 Å². The molecule has 0 unspecified atom stereocenters. The normalized spacial score (nSPS) is 21.9. The Morgan fingerprint density at radius 1 is 1.24 bits per heavy atom. The topological polar surface area (TPSA) is 96.0 Å². The number of non-ortho nitro benzene ring substituents is 1. The van der Waals surface area contributed by atoms with Crippen molar-refractivity contribution in [2.45, 2.75) is 38.1 Å². The molecule has 2 rings (SSSR count). The van der Waals surface area contributed by atoms with Crippen LogP contribution in [0.4, 0.5) is 5.69 Å². The summed E-state index contributed by atoms with van der Waals surface area (Å²) in [6.45, 7) is 0. The number of rotatable bonds is 3. The van der Waals surface area contributed by atoms with E-state index in [-0.39, 0.29) is 23.6 Å². The van der Waals surface area contributed by atoms with Gasteiger partial charge in [0.25, 0.3) is 11.6 Å². The highest BCUT2D eigenvalue weighted by atomic mass is 16.6. The van der Waals surface area contributed by atoms with Gasteiger partial charge < -0.3 is 5.32 Å². The first-order chi connectivity index (χ1) is 10.1. The molecule has 1 aromatic carbocycles. The van der Waals surface area contributed by atoms with Crippen LogP contribution in [0.15, 0.2) is 24.3 Å². The quantitative estimate of drug-likeness (QED) is 0.525. The molecule has 0 heterocycles. The zero-order valence-corrected chi connectivity index (χ0v) is 11.6. The summed E-state index contributed by atoms with van der Waals surface area (Å²) in [5.41, 5.74) is 0.331. The number of benzene rings is 1. The first-order valence-corrected chi connectivity index (χ1v) is 7.07. The Morgan fingerprint density at radius 2 is 1.90 bits per heavy atom. The Balaban J connectivity index is 2.05. The molecular weight excluding hydrogens is 270 g/mol. The van der Waals surface area contributed by atoms with Gasteiger partial charge in [-0.3, -0.25) is 14.9 Å². The van der Waals surface area contributed by atoms with Gasteiger partial charge in [-0.25, -0.2) is 0 Å². The van der Waals surface area contributed by atoms with E-state index in [0.29, 0.717) is 5.56 Å². The molecule has 0 radical (unpaired) electrons. The van der Waals surface area contributed by atoms with Crippen LogP contribution in [0.25, 0.3) is 0 Å². The minimum Gasteiger partial charge on any atom is -0.348 e. The van der Waals surface area contributed by atoms with E-state index in [2.05, 4.69) is 11.4 Å². The van der Waals surface area contributed by atoms with Crippen molar-refractivity contribution in [1.29, 1.82) is 5.26 Å². The summed E-state index contributed by atoms with van der Waals surface area (Å²) in [6, 6.07) is 7.62. The molecule has 0 spiro atoms. The van der Waals surface area contributed by atoms with Crippen LogP contribution in [-0.2, 0) is 0 Å². The van der Waals surface area contributed by atoms with E-state index >= 15 is 0 Å². The van der Waals surface area contributed by atoms with E-state index in [1.807, 2.05) is 0 Å². The van der Waals surface area contributed by atoms with Crippen LogP contribution < -0.4 is 5.32 Å². The lowest BCUT2D eigenvalue weighted by Crippen LogP contribution is -2.39. The number of amides is 1. The first kappa shape index (κ1) is 15.0. The molecule has 1 amide bonds. The summed E-state index contributed by atoms with van der Waals surface area (Å²) in [7, 11) is 0. The van der Waals surface area contributed by atoms with Crippen LogP contribution in [0.1, 0.15) is 42.5 Å². The molecule has 1 fully saturated rings. The Labute approximate surface area is 122 Å². The van der Waals surface area contributed by atoms with Gasteiger partial charge in [-0.15, -0.1) is 0 Å². The van der Waals surface area contributed by atoms with Gasteiger partial charge in [0, 0.05) is 23.7 Å². The number of nitrogens with zero attached hydrogens (tertiary/aromatic N) is 2. The van der Waals surface area contributed by atoms with Gasteiger partial charge in [0.1, 0.15) is 0 Å². The Hall–Kier alpha value is -2.42. The van der Waals surface area contributed by atoms with Gasteiger partial charge >= 0.3 is 0 Å². The third-order valence-electron chi connectivity index (χ3n) is 3.84. The fraction of sp³-hybridized carbons (Fsp3) is 0.467. The summed E-state index contributed by atoms with van der Waals surface area (Å²) >= 11 is 0. The van der Waals surface area contributed by atoms with E-state index in [1.165, 1.54) is 24.3 Å². The van der Waals surface area contributed by atoms with Gasteiger partial charge in [-0.1, -0.05) is 19.3 Å². The minimum absolute atomic E-state index is 0.0454. The fourth-order valence-electron chi connectivity index (χ4n) is 2.62. The van der Waals surface area contributed by atoms with Gasteiger partial charge in [-0.05, 0) is 25.0 Å². The van der Waals surface area contributed by atoms with Crippen LogP contribution in [0, 0.1) is 27.4 Å². The smallest absolute Gasteiger partial charge is 0.269 e. The van der Waals surface area contributed by atoms with E-state index in [0.717, 1.165) is 32.1 Å². The highest BCUT2D eigenvalue weighted by molar-refractivity contribution is 5.94. The molecule has 110 valence electrons. The lowest BCUT2D eigenvalue weighted by Gasteiger charge is -2.20. The average Bonchev–Trinajstić information content (AvgIpc) is 2.72. The van der Waals surface area contributed by atoms with Crippen LogP contribution in [0.2, 0.25) is 0 Å². The number of nitro benzene ring substituents is 1. The van der Waals surface area contributed by atoms with Gasteiger partial charge in [0.15, 0.2) is 0 Å². The van der Waals surface area contributed by atoms with Gasteiger partial charge in [0.2, 0.25) is 0 Å². The third kappa shape index (κ3) is 3.78. The molecular formula is C15H17N3O3. The van der Waals surface area contributed by atoms with Crippen molar-refractivity contribution in [3.8, 4) is 6.07 Å². The van der Waals surface area contributed by atoms with Crippen molar-refractivity contribution in [3.63, 3.8) is 0 Å². The van der Waals surface area contributed by atoms with Crippen LogP contribution in [-0.4, -0.2) is 16.9 Å². The Bertz CT molecular complexity index is 563. The molecule has 21 heavy (non-hydrogen) atoms. The maximum atomic E-state index is 12.2. The third-order valence-corrected chi connectivity index (χ3v) is 3.84. The van der Waals surface area contributed by atoms with Crippen molar-refractivity contribution < 1.29 is 9.72 Å². The second-order valence-electron chi connectivity index (χ2n) is 5.26. The van der Waals surface area contributed by atoms with Gasteiger partial charge in [0.05, 0.1) is 16.9 Å². The number of carbonyl (C=O) groups is 1. The maximum absolute atomic E-state index is 12.2. The predicted molar refractivity (Wildman–Crippen MR) is 76.5 cm³/mol. The molecule has 0 bridgehead atoms. The van der Waals surface area contributed by atoms with Gasteiger partial charge in [-0.2, -0.15) is 5.26 Å². The van der Waals surface area contributed by atoms with Crippen molar-refractivity contribution in [1.82, 2.24) is 5.32 Å². The number of hydrogen-bond acceptors (Lipinski definition) is 4. The SMILES string of the molecule is N#C[C@H]1CCCCC[C@@H]1NC(=O)c1ccc([N+](=O)[O-])cc1. The maximum Gasteiger partial charge on any atom is 0.269 e. The Morgan fingerprint density at radius 3 is 2.52 bits per heavy atom. The van der Waals surface area contributed by atoms with E-state index in [1.54, 1.807) is 0 Å². The summed E-state index contributed by atoms with van der Waals surface area (Å²) in [5, 5.41) is 22.7. The molecule has 1 saturated carbocycles. The number of hydrogen-bond donors (Lipinski definition) is 1. The van der Waals surface area contributed by atoms with Crippen molar-refractivity contribution >= 4 is 11.6 Å². The molecule has 6 heteroatoms. The van der Waals surface area contributed by atoms with Crippen LogP contribution >= 0.6 is 0 Å². The number of nitrogens with one attached hydrogen (secondary N) is 1. The first-order valence-electron chi connectivity index (χ1n) is 7.07. The van der Waals surface area contributed by atoms with Crippen LogP contribution in [0.3, 0.4) is 0 Å². The molecule has 1 N–H and O–H groups in total.